The van der Waals surface area contributed by atoms with Gasteiger partial charge in [0.2, 0.25) is 0 Å². The Morgan fingerprint density at radius 2 is 0.640 bits per heavy atom. The number of nitrogens with zero attached hydrogens (tertiary/aromatic N) is 1. The smallest absolute Gasteiger partial charge is 0.361 e. The van der Waals surface area contributed by atoms with E-state index in [4.69, 9.17) is 18.9 Å². The van der Waals surface area contributed by atoms with Crippen LogP contribution in [0, 0.1) is 0 Å². The Morgan fingerprint density at radius 1 is 0.348 bits per heavy atom. The van der Waals surface area contributed by atoms with Gasteiger partial charge >= 0.3 is 17.9 Å². The average Bonchev–Trinajstić information content (AvgIpc) is 3.64. The van der Waals surface area contributed by atoms with Crippen LogP contribution in [0.2, 0.25) is 0 Å². The Labute approximate surface area is 549 Å². The zero-order valence-corrected chi connectivity index (χ0v) is 58.6. The first-order valence-corrected chi connectivity index (χ1v) is 37.1. The molecule has 0 saturated carbocycles. The molecular weight excluding hydrogens is 1100 g/mol. The predicted molar refractivity (Wildman–Crippen MR) is 382 cm³/mol. The fourth-order valence-corrected chi connectivity index (χ4v) is 10.4. The van der Waals surface area contributed by atoms with Crippen molar-refractivity contribution in [3.8, 4) is 0 Å². The molecule has 1 N–H and O–H groups in total. The van der Waals surface area contributed by atoms with E-state index in [-0.39, 0.29) is 32.2 Å². The molecule has 0 spiro atoms. The second kappa shape index (κ2) is 69.8. The number of esters is 2. The van der Waals surface area contributed by atoms with Gasteiger partial charge in [0.15, 0.2) is 6.10 Å². The summed E-state index contributed by atoms with van der Waals surface area (Å²) in [7, 11) is 5.96. The quantitative estimate of drug-likeness (QED) is 0.0211. The maximum atomic E-state index is 12.9. The monoisotopic (exact) mass is 1240 g/mol. The van der Waals surface area contributed by atoms with Gasteiger partial charge in [-0.3, -0.25) is 9.59 Å². The maximum Gasteiger partial charge on any atom is 0.361 e. The molecule has 0 bridgehead atoms. The first-order valence-electron chi connectivity index (χ1n) is 37.1. The van der Waals surface area contributed by atoms with E-state index in [1.165, 1.54) is 205 Å². The summed E-state index contributed by atoms with van der Waals surface area (Å²) in [6, 6.07) is 0. The second-order valence-electron chi connectivity index (χ2n) is 25.9. The zero-order valence-electron chi connectivity index (χ0n) is 58.6. The van der Waals surface area contributed by atoms with Crippen molar-refractivity contribution in [3.63, 3.8) is 0 Å². The van der Waals surface area contributed by atoms with Gasteiger partial charge in [-0.2, -0.15) is 0 Å². The van der Waals surface area contributed by atoms with E-state index in [2.05, 4.69) is 123 Å². The Morgan fingerprint density at radius 3 is 0.989 bits per heavy atom. The Bertz CT molecular complexity index is 1830. The third-order valence-corrected chi connectivity index (χ3v) is 16.0. The number of carboxylic acid groups (broad SMARTS) is 1. The number of carbonyl (C=O) groups excluding carboxylic acids is 2. The lowest BCUT2D eigenvalue weighted by molar-refractivity contribution is -0.870. The van der Waals surface area contributed by atoms with E-state index < -0.39 is 24.3 Å². The molecule has 0 saturated heterocycles. The van der Waals surface area contributed by atoms with Crippen LogP contribution in [0.3, 0.4) is 0 Å². The highest BCUT2D eigenvalue weighted by molar-refractivity contribution is 5.71. The van der Waals surface area contributed by atoms with Gasteiger partial charge in [-0.15, -0.1) is 0 Å². The highest BCUT2D eigenvalue weighted by Crippen LogP contribution is 2.18. The van der Waals surface area contributed by atoms with Crippen LogP contribution in [0.15, 0.2) is 109 Å². The highest BCUT2D eigenvalue weighted by atomic mass is 16.7. The van der Waals surface area contributed by atoms with Crippen molar-refractivity contribution in [1.29, 1.82) is 0 Å². The van der Waals surface area contributed by atoms with Crippen molar-refractivity contribution in [2.45, 2.75) is 334 Å². The molecule has 0 aromatic carbocycles. The number of hydrogen-bond acceptors (Lipinski definition) is 7. The summed E-state index contributed by atoms with van der Waals surface area (Å²) in [4.78, 5) is 37.6. The van der Waals surface area contributed by atoms with Gasteiger partial charge in [-0.05, 0) is 103 Å². The maximum absolute atomic E-state index is 12.9. The molecule has 9 heteroatoms. The number of hydrogen-bond donors (Lipinski definition) is 1. The lowest BCUT2D eigenvalue weighted by Crippen LogP contribution is -2.40. The molecule has 2 atom stereocenters. The number of allylic oxidation sites excluding steroid dienone is 18. The van der Waals surface area contributed by atoms with E-state index in [0.717, 1.165) is 83.5 Å². The number of rotatable bonds is 68. The number of aliphatic carboxylic acids is 1. The third-order valence-electron chi connectivity index (χ3n) is 16.0. The molecule has 9 nitrogen and oxygen atoms in total. The summed E-state index contributed by atoms with van der Waals surface area (Å²) in [6.07, 6.45) is 95.2. The molecule has 0 heterocycles. The van der Waals surface area contributed by atoms with E-state index >= 15 is 0 Å². The fourth-order valence-electron chi connectivity index (χ4n) is 10.4. The number of quaternary nitrogens is 1. The van der Waals surface area contributed by atoms with Crippen LogP contribution in [0.1, 0.15) is 322 Å². The summed E-state index contributed by atoms with van der Waals surface area (Å²) < 4.78 is 22.9. The number of unbranched alkanes of at least 4 members (excludes halogenated alkanes) is 35. The lowest BCUT2D eigenvalue weighted by Gasteiger charge is -2.25. The summed E-state index contributed by atoms with van der Waals surface area (Å²) in [5.41, 5.74) is 0. The van der Waals surface area contributed by atoms with Crippen LogP contribution in [0.25, 0.3) is 0 Å². The number of likely N-dealkylation sites (N-methyl/N-ethyl adjacent to an activating group) is 1. The molecule has 0 aliphatic rings. The SMILES string of the molecule is CC/C=C\C/C=C\C/C=C\C/C=C\C/C=C\C/C=C\C/C=C\C/C=C\CCCCC(=O)OC(COC(=O)CCCCCCCCCCCCCCCCCCCCCCCCCCC/C=C\CCCCCCCCCC)COC(OCC[N+](C)(C)C)C(=O)O. The summed E-state index contributed by atoms with van der Waals surface area (Å²) in [6.45, 7) is 4.74. The van der Waals surface area contributed by atoms with Gasteiger partial charge < -0.3 is 28.5 Å². The lowest BCUT2D eigenvalue weighted by atomic mass is 10.0. The van der Waals surface area contributed by atoms with Gasteiger partial charge in [0, 0.05) is 12.8 Å². The Hall–Kier alpha value is -4.05. The molecule has 0 aromatic rings. The van der Waals surface area contributed by atoms with Crippen LogP contribution in [0.5, 0.6) is 0 Å². The average molecular weight is 1240 g/mol. The van der Waals surface area contributed by atoms with Crippen molar-refractivity contribution in [2.24, 2.45) is 0 Å². The summed E-state index contributed by atoms with van der Waals surface area (Å²) in [5, 5.41) is 9.75. The fraction of sp³-hybridized carbons (Fsp3) is 0.738. The molecule has 512 valence electrons. The standard InChI is InChI=1S/C80H139NO8/c1-6-8-10-12-14-16-18-20-22-24-26-28-30-32-34-35-36-37-38-39-40-41-42-43-45-46-48-50-52-54-56-58-60-62-64-66-68-70-77(82)87-74-76(75-88-80(79(84)85)86-73-72-81(3,4)5)89-78(83)71-69-67-65-63-61-59-57-55-53-51-49-47-44-33-31-29-27-25-23-21-19-17-15-13-11-9-7-2/h9,11,15,17,21,23-24,26-27,29,33,44,49,51,55,57,61,63,76,80H,6-8,10,12-14,16,18-20,22,25,28,30-32,34-43,45-48,50,52-54,56,58-60,62,64-75H2,1-5H3/p+1/b11-9-,17-15-,23-21-,26-24-,29-27-,44-33-,51-49-,57-55-,63-61-. The molecule has 0 aliphatic carbocycles. The van der Waals surface area contributed by atoms with E-state index in [9.17, 15) is 19.5 Å². The minimum absolute atomic E-state index is 0.175. The molecule has 89 heavy (non-hydrogen) atoms. The summed E-state index contributed by atoms with van der Waals surface area (Å²) in [5.74, 6) is -2.06. The molecule has 0 radical (unpaired) electrons. The third kappa shape index (κ3) is 71.3. The van der Waals surface area contributed by atoms with Crippen LogP contribution in [-0.2, 0) is 33.3 Å². The largest absolute Gasteiger partial charge is 0.477 e. The topological polar surface area (TPSA) is 108 Å². The van der Waals surface area contributed by atoms with Crippen LogP contribution in [-0.4, -0.2) is 87.4 Å². The minimum Gasteiger partial charge on any atom is -0.477 e. The Balaban J connectivity index is 4.10. The van der Waals surface area contributed by atoms with Crippen molar-refractivity contribution in [1.82, 2.24) is 0 Å². The Kier molecular flexibility index (Phi) is 66.7. The van der Waals surface area contributed by atoms with Gasteiger partial charge in [0.05, 0.1) is 34.4 Å². The minimum atomic E-state index is -1.53. The van der Waals surface area contributed by atoms with Crippen LogP contribution in [0.4, 0.5) is 0 Å². The van der Waals surface area contributed by atoms with Gasteiger partial charge in [-0.1, -0.05) is 316 Å². The first kappa shape index (κ1) is 85.0. The normalized spacial score (nSPS) is 13.3. The van der Waals surface area contributed by atoms with Gasteiger partial charge in [-0.25, -0.2) is 4.79 Å². The molecule has 0 amide bonds. The molecule has 0 aromatic heterocycles. The number of ether oxygens (including phenoxy) is 4. The van der Waals surface area contributed by atoms with Gasteiger partial charge in [0.1, 0.15) is 13.2 Å². The predicted octanol–water partition coefficient (Wildman–Crippen LogP) is 23.4. The van der Waals surface area contributed by atoms with E-state index in [1.54, 1.807) is 0 Å². The molecule has 0 fully saturated rings. The van der Waals surface area contributed by atoms with Crippen LogP contribution >= 0.6 is 0 Å². The highest BCUT2D eigenvalue weighted by Gasteiger charge is 2.25. The van der Waals surface area contributed by atoms with E-state index in [0.29, 0.717) is 23.9 Å². The molecular formula is C80H140NO8+. The van der Waals surface area contributed by atoms with Gasteiger partial charge in [0.25, 0.3) is 6.29 Å². The van der Waals surface area contributed by atoms with Crippen molar-refractivity contribution in [3.05, 3.63) is 109 Å². The zero-order chi connectivity index (χ0) is 64.7. The second-order valence-corrected chi connectivity index (χ2v) is 25.9. The number of carbonyl (C=O) groups is 3. The number of carboxylic acids is 1. The van der Waals surface area contributed by atoms with E-state index in [1.807, 2.05) is 21.1 Å². The van der Waals surface area contributed by atoms with Crippen molar-refractivity contribution >= 4 is 17.9 Å². The first-order chi connectivity index (χ1) is 43.6. The van der Waals surface area contributed by atoms with Crippen molar-refractivity contribution < 1.29 is 42.9 Å². The summed E-state index contributed by atoms with van der Waals surface area (Å²) >= 11 is 0. The molecule has 0 aliphatic heterocycles. The molecule has 0 rings (SSSR count). The molecule has 2 unspecified atom stereocenters. The van der Waals surface area contributed by atoms with Crippen LogP contribution < -0.4 is 0 Å². The van der Waals surface area contributed by atoms with Crippen molar-refractivity contribution in [2.75, 3.05) is 47.5 Å².